The highest BCUT2D eigenvalue weighted by molar-refractivity contribution is 5.06. The highest BCUT2D eigenvalue weighted by Crippen LogP contribution is 2.52. The lowest BCUT2D eigenvalue weighted by molar-refractivity contribution is -0.0926. The van der Waals surface area contributed by atoms with Crippen molar-refractivity contribution >= 4 is 0 Å². The largest absolute Gasteiger partial charge is 0.295 e. The maximum absolute atomic E-state index is 13.3. The third-order valence-electron chi connectivity index (χ3n) is 3.65. The summed E-state index contributed by atoms with van der Waals surface area (Å²) < 4.78 is 26.6. The predicted molar refractivity (Wildman–Crippen MR) is 47.9 cm³/mol. The van der Waals surface area contributed by atoms with Gasteiger partial charge in [0.25, 0.3) is 5.92 Å². The van der Waals surface area contributed by atoms with Crippen molar-refractivity contribution < 1.29 is 8.78 Å². The highest BCUT2D eigenvalue weighted by Gasteiger charge is 2.59. The number of nitrogens with zero attached hydrogens (tertiary/aromatic N) is 1. The Morgan fingerprint density at radius 2 is 2.00 bits per heavy atom. The van der Waals surface area contributed by atoms with E-state index in [2.05, 4.69) is 18.7 Å². The van der Waals surface area contributed by atoms with Crippen molar-refractivity contribution in [3.8, 4) is 0 Å². The zero-order chi connectivity index (χ0) is 9.80. The summed E-state index contributed by atoms with van der Waals surface area (Å²) in [4.78, 5) is 2.25. The average Bonchev–Trinajstić information content (AvgIpc) is 2.38. The van der Waals surface area contributed by atoms with Crippen LogP contribution in [0, 0.1) is 5.92 Å². The monoisotopic (exact) mass is 189 g/mol. The average molecular weight is 189 g/mol. The SMILES string of the molecule is CC(C)N1[C@H]2C[C@@H]([C@H]1C)C(F)(F)C2. The lowest BCUT2D eigenvalue weighted by Gasteiger charge is -2.39. The maximum Gasteiger partial charge on any atom is 0.253 e. The standard InChI is InChI=1S/C10H17F2N/c1-6(2)13-7(3)9-4-8(13)5-10(9,11)12/h6-9H,4-5H2,1-3H3/t7-,8+,9+/m1/s1. The molecule has 2 rings (SSSR count). The molecule has 3 atom stereocenters. The van der Waals surface area contributed by atoms with E-state index in [1.807, 2.05) is 6.92 Å². The van der Waals surface area contributed by atoms with E-state index >= 15 is 0 Å². The van der Waals surface area contributed by atoms with Crippen molar-refractivity contribution in [2.75, 3.05) is 0 Å². The summed E-state index contributed by atoms with van der Waals surface area (Å²) >= 11 is 0. The number of likely N-dealkylation sites (tertiary alicyclic amines) is 1. The van der Waals surface area contributed by atoms with Crippen molar-refractivity contribution in [2.24, 2.45) is 5.92 Å². The summed E-state index contributed by atoms with van der Waals surface area (Å²) in [6, 6.07) is 0.602. The zero-order valence-electron chi connectivity index (χ0n) is 8.43. The molecule has 1 saturated carbocycles. The number of rotatable bonds is 1. The molecule has 1 heterocycles. The summed E-state index contributed by atoms with van der Waals surface area (Å²) in [6.45, 7) is 6.13. The topological polar surface area (TPSA) is 3.24 Å². The first-order valence-electron chi connectivity index (χ1n) is 5.08. The van der Waals surface area contributed by atoms with Crippen LogP contribution >= 0.6 is 0 Å². The van der Waals surface area contributed by atoms with Gasteiger partial charge in [0, 0.05) is 30.5 Å². The smallest absolute Gasteiger partial charge is 0.253 e. The minimum Gasteiger partial charge on any atom is -0.295 e. The fourth-order valence-electron chi connectivity index (χ4n) is 3.22. The quantitative estimate of drug-likeness (QED) is 0.612. The molecule has 13 heavy (non-hydrogen) atoms. The number of fused-ring (bicyclic) bond motifs is 2. The van der Waals surface area contributed by atoms with Gasteiger partial charge >= 0.3 is 0 Å². The van der Waals surface area contributed by atoms with Gasteiger partial charge in [-0.2, -0.15) is 0 Å². The Morgan fingerprint density at radius 3 is 2.38 bits per heavy atom. The van der Waals surface area contributed by atoms with Gasteiger partial charge in [-0.1, -0.05) is 0 Å². The van der Waals surface area contributed by atoms with Gasteiger partial charge in [-0.05, 0) is 27.2 Å². The van der Waals surface area contributed by atoms with Gasteiger partial charge in [-0.3, -0.25) is 4.90 Å². The van der Waals surface area contributed by atoms with E-state index in [0.717, 1.165) is 0 Å². The molecule has 3 heteroatoms. The van der Waals surface area contributed by atoms with E-state index in [9.17, 15) is 8.78 Å². The molecule has 0 spiro atoms. The van der Waals surface area contributed by atoms with Crippen LogP contribution in [-0.2, 0) is 0 Å². The van der Waals surface area contributed by atoms with Gasteiger partial charge in [-0.25, -0.2) is 8.78 Å². The molecule has 1 aliphatic heterocycles. The van der Waals surface area contributed by atoms with Crippen LogP contribution in [0.5, 0.6) is 0 Å². The van der Waals surface area contributed by atoms with Crippen LogP contribution in [0.15, 0.2) is 0 Å². The van der Waals surface area contributed by atoms with Crippen LogP contribution in [0.3, 0.4) is 0 Å². The second-order valence-corrected chi connectivity index (χ2v) is 4.74. The molecule has 0 aromatic rings. The summed E-state index contributed by atoms with van der Waals surface area (Å²) in [5.74, 6) is -2.78. The molecule has 76 valence electrons. The Hall–Kier alpha value is -0.180. The van der Waals surface area contributed by atoms with Gasteiger partial charge < -0.3 is 0 Å². The molecule has 0 radical (unpaired) electrons. The van der Waals surface area contributed by atoms with Crippen molar-refractivity contribution in [2.45, 2.75) is 57.7 Å². The molecule has 0 aromatic heterocycles. The maximum atomic E-state index is 13.3. The number of alkyl halides is 2. The van der Waals surface area contributed by atoms with Crippen molar-refractivity contribution in [3.63, 3.8) is 0 Å². The van der Waals surface area contributed by atoms with Crippen molar-refractivity contribution in [1.82, 2.24) is 4.90 Å². The van der Waals surface area contributed by atoms with E-state index < -0.39 is 5.92 Å². The van der Waals surface area contributed by atoms with Crippen molar-refractivity contribution in [1.29, 1.82) is 0 Å². The van der Waals surface area contributed by atoms with Crippen molar-refractivity contribution in [3.05, 3.63) is 0 Å². The Labute approximate surface area is 78.1 Å². The van der Waals surface area contributed by atoms with E-state index in [-0.39, 0.29) is 24.4 Å². The molecule has 2 bridgehead atoms. The molecular formula is C10H17F2N. The van der Waals surface area contributed by atoms with Gasteiger partial charge in [0.15, 0.2) is 0 Å². The van der Waals surface area contributed by atoms with Crippen LogP contribution in [0.1, 0.15) is 33.6 Å². The van der Waals surface area contributed by atoms with E-state index in [1.165, 1.54) is 0 Å². The summed E-state index contributed by atoms with van der Waals surface area (Å²) in [5.41, 5.74) is 0. The molecule has 1 saturated heterocycles. The molecule has 1 nitrogen and oxygen atoms in total. The first-order valence-corrected chi connectivity index (χ1v) is 5.08. The predicted octanol–water partition coefficient (Wildman–Crippen LogP) is 2.51. The Balaban J connectivity index is 2.18. The summed E-state index contributed by atoms with van der Waals surface area (Å²) in [5, 5.41) is 0. The zero-order valence-corrected chi connectivity index (χ0v) is 8.43. The van der Waals surface area contributed by atoms with Gasteiger partial charge in [-0.15, -0.1) is 0 Å². The third kappa shape index (κ3) is 1.20. The lowest BCUT2D eigenvalue weighted by atomic mass is 9.95. The van der Waals surface area contributed by atoms with Crippen LogP contribution in [-0.4, -0.2) is 28.9 Å². The summed E-state index contributed by atoms with van der Waals surface area (Å²) in [6.07, 6.45) is 0.784. The molecule has 0 amide bonds. The normalized spacial score (nSPS) is 43.4. The fraction of sp³-hybridized carbons (Fsp3) is 1.00. The number of piperidine rings is 1. The Bertz CT molecular complexity index is 211. The van der Waals surface area contributed by atoms with Crippen LogP contribution < -0.4 is 0 Å². The molecule has 1 aliphatic carbocycles. The highest BCUT2D eigenvalue weighted by atomic mass is 19.3. The second kappa shape index (κ2) is 2.66. The van der Waals surface area contributed by atoms with E-state index in [0.29, 0.717) is 12.5 Å². The number of hydrogen-bond donors (Lipinski definition) is 0. The molecule has 0 N–H and O–H groups in total. The molecule has 2 aliphatic rings. The molecule has 2 fully saturated rings. The fourth-order valence-corrected chi connectivity index (χ4v) is 3.22. The van der Waals surface area contributed by atoms with Gasteiger partial charge in [0.2, 0.25) is 0 Å². The van der Waals surface area contributed by atoms with Crippen LogP contribution in [0.2, 0.25) is 0 Å². The van der Waals surface area contributed by atoms with Crippen LogP contribution in [0.25, 0.3) is 0 Å². The summed E-state index contributed by atoms with van der Waals surface area (Å²) in [7, 11) is 0. The minimum atomic E-state index is -2.39. The first-order chi connectivity index (χ1) is 5.93. The number of halogens is 2. The van der Waals surface area contributed by atoms with E-state index in [4.69, 9.17) is 0 Å². The Morgan fingerprint density at radius 1 is 1.38 bits per heavy atom. The lowest BCUT2D eigenvalue weighted by Crippen LogP contribution is -2.49. The number of hydrogen-bond acceptors (Lipinski definition) is 1. The molecule has 0 unspecified atom stereocenters. The van der Waals surface area contributed by atoms with Gasteiger partial charge in [0.1, 0.15) is 0 Å². The van der Waals surface area contributed by atoms with Crippen LogP contribution in [0.4, 0.5) is 8.78 Å². The molecular weight excluding hydrogens is 172 g/mol. The minimum absolute atomic E-state index is 0.0637. The first kappa shape index (κ1) is 9.38. The third-order valence-corrected chi connectivity index (χ3v) is 3.65. The molecule has 0 aromatic carbocycles. The van der Waals surface area contributed by atoms with E-state index in [1.54, 1.807) is 0 Å². The second-order valence-electron chi connectivity index (χ2n) is 4.74. The van der Waals surface area contributed by atoms with Gasteiger partial charge in [0.05, 0.1) is 0 Å². The Kier molecular flexibility index (Phi) is 1.92.